The number of allylic oxidation sites excluding steroid dienone is 2. The fourth-order valence-corrected chi connectivity index (χ4v) is 7.13. The fourth-order valence-electron chi connectivity index (χ4n) is 7.13. The third-order valence-corrected chi connectivity index (χ3v) is 9.00. The molecule has 1 saturated heterocycles. The van der Waals surface area contributed by atoms with Crippen molar-refractivity contribution in [2.45, 2.75) is 51.1 Å². The van der Waals surface area contributed by atoms with Crippen molar-refractivity contribution < 1.29 is 0 Å². The molecule has 4 heterocycles. The molecule has 7 rings (SSSR count). The van der Waals surface area contributed by atoms with E-state index < -0.39 is 0 Å². The second-order valence-corrected chi connectivity index (χ2v) is 10.7. The number of rotatable bonds is 5. The van der Waals surface area contributed by atoms with Crippen molar-refractivity contribution in [2.24, 2.45) is 23.2 Å². The number of likely N-dealkylation sites (tertiary alicyclic amines) is 1. The molecular weight excluding hydrogens is 393 g/mol. The van der Waals surface area contributed by atoms with Gasteiger partial charge in [-0.3, -0.25) is 9.88 Å². The molecule has 2 aromatic heterocycles. The van der Waals surface area contributed by atoms with Gasteiger partial charge < -0.3 is 5.32 Å². The van der Waals surface area contributed by atoms with Crippen LogP contribution in [0.15, 0.2) is 48.4 Å². The number of hydrogen-bond acceptors (Lipinski definition) is 4. The molecule has 5 nitrogen and oxygen atoms in total. The van der Waals surface area contributed by atoms with Gasteiger partial charge in [-0.1, -0.05) is 17.6 Å². The van der Waals surface area contributed by atoms with Crippen LogP contribution in [-0.4, -0.2) is 46.6 Å². The van der Waals surface area contributed by atoms with Crippen molar-refractivity contribution in [3.05, 3.63) is 59.7 Å². The summed E-state index contributed by atoms with van der Waals surface area (Å²) < 4.78 is 1.99. The summed E-state index contributed by atoms with van der Waals surface area (Å²) >= 11 is 0. The van der Waals surface area contributed by atoms with E-state index in [9.17, 15) is 0 Å². The van der Waals surface area contributed by atoms with Gasteiger partial charge in [0.2, 0.25) is 0 Å². The predicted molar refractivity (Wildman–Crippen MR) is 126 cm³/mol. The molecule has 1 spiro atoms. The van der Waals surface area contributed by atoms with Gasteiger partial charge in [-0.2, -0.15) is 5.10 Å². The largest absolute Gasteiger partial charge is 0.366 e. The Hall–Kier alpha value is -2.34. The lowest BCUT2D eigenvalue weighted by atomic mass is 9.87. The van der Waals surface area contributed by atoms with E-state index in [-0.39, 0.29) is 0 Å². The standard InChI is InChI=1S/C26H30BN5/c27-22-15-30-32-23(22)6-5-18(9-25(32)29-14-17-3-1-7-28-13-17)19-4-2-8-31(16-19)24-10-20-11-26(20)12-21(24)26/h1,3,5,7,9,13,15,19-21,24,29H,2,4,6,8,10-12,14,16H2/t19?,20-,21-,24?,26?/m1/s1. The Morgan fingerprint density at radius 1 is 1.25 bits per heavy atom. The molecule has 0 aromatic carbocycles. The third-order valence-electron chi connectivity index (χ3n) is 9.00. The normalized spacial score (nSPS) is 35.1. The van der Waals surface area contributed by atoms with Gasteiger partial charge in [-0.05, 0) is 85.1 Å². The van der Waals surface area contributed by atoms with E-state index in [1.807, 2.05) is 23.1 Å². The first kappa shape index (κ1) is 19.2. The maximum absolute atomic E-state index is 6.28. The van der Waals surface area contributed by atoms with E-state index in [1.54, 1.807) is 6.20 Å². The lowest BCUT2D eigenvalue weighted by molar-refractivity contribution is 0.119. The van der Waals surface area contributed by atoms with E-state index in [1.165, 1.54) is 50.8 Å². The molecule has 2 aromatic rings. The van der Waals surface area contributed by atoms with Gasteiger partial charge in [-0.15, -0.1) is 0 Å². The molecular formula is C26H30BN5. The first-order valence-electron chi connectivity index (χ1n) is 12.3. The molecule has 5 atom stereocenters. The number of hydrogen-bond donors (Lipinski definition) is 1. The summed E-state index contributed by atoms with van der Waals surface area (Å²) in [5, 5.41) is 8.22. The zero-order chi connectivity index (χ0) is 21.3. The van der Waals surface area contributed by atoms with Crippen molar-refractivity contribution in [3.63, 3.8) is 0 Å². The van der Waals surface area contributed by atoms with Crippen molar-refractivity contribution in [2.75, 3.05) is 13.1 Å². The number of aromatic nitrogens is 3. The minimum atomic E-state index is 0.594. The van der Waals surface area contributed by atoms with Crippen LogP contribution >= 0.6 is 0 Å². The molecule has 32 heavy (non-hydrogen) atoms. The summed E-state index contributed by atoms with van der Waals surface area (Å²) in [4.78, 5) is 7.10. The summed E-state index contributed by atoms with van der Waals surface area (Å²) in [6, 6.07) is 4.94. The second-order valence-electron chi connectivity index (χ2n) is 10.7. The predicted octanol–water partition coefficient (Wildman–Crippen LogP) is 2.65. The first-order valence-corrected chi connectivity index (χ1v) is 12.3. The summed E-state index contributed by atoms with van der Waals surface area (Å²) in [5.41, 5.74) is 5.28. The maximum Gasteiger partial charge on any atom is 0.128 e. The number of piperidine rings is 1. The highest BCUT2D eigenvalue weighted by atomic mass is 15.3. The molecule has 1 N–H and O–H groups in total. The smallest absolute Gasteiger partial charge is 0.128 e. The SMILES string of the molecule is [B]c1cnn2c1CC=C(C1CCCN(C3C[C@@H]4CC45C[C@H]35)C1)C=C2NCc1cccnc1. The maximum atomic E-state index is 6.28. The lowest BCUT2D eigenvalue weighted by Gasteiger charge is -2.38. The third kappa shape index (κ3) is 3.02. The quantitative estimate of drug-likeness (QED) is 0.752. The Bertz CT molecular complexity index is 1100. The Morgan fingerprint density at radius 3 is 3.03 bits per heavy atom. The van der Waals surface area contributed by atoms with Gasteiger partial charge in [0.05, 0.1) is 0 Å². The van der Waals surface area contributed by atoms with E-state index in [0.29, 0.717) is 5.92 Å². The highest BCUT2D eigenvalue weighted by Gasteiger charge is 2.77. The second kappa shape index (κ2) is 7.08. The van der Waals surface area contributed by atoms with E-state index >= 15 is 0 Å². The van der Waals surface area contributed by atoms with E-state index in [0.717, 1.165) is 58.8 Å². The number of pyridine rings is 1. The topological polar surface area (TPSA) is 46.0 Å². The Morgan fingerprint density at radius 2 is 2.22 bits per heavy atom. The van der Waals surface area contributed by atoms with Gasteiger partial charge >= 0.3 is 0 Å². The molecule has 4 fully saturated rings. The minimum Gasteiger partial charge on any atom is -0.366 e. The van der Waals surface area contributed by atoms with Crippen LogP contribution in [-0.2, 0) is 13.0 Å². The van der Waals surface area contributed by atoms with Gasteiger partial charge in [0.25, 0.3) is 0 Å². The minimum absolute atomic E-state index is 0.594. The Kier molecular flexibility index (Phi) is 4.24. The van der Waals surface area contributed by atoms with Crippen LogP contribution in [0.3, 0.4) is 0 Å². The van der Waals surface area contributed by atoms with Crippen molar-refractivity contribution in [1.29, 1.82) is 0 Å². The van der Waals surface area contributed by atoms with Crippen LogP contribution in [0.5, 0.6) is 0 Å². The van der Waals surface area contributed by atoms with Crippen LogP contribution in [0.2, 0.25) is 0 Å². The van der Waals surface area contributed by atoms with Crippen LogP contribution in [0, 0.1) is 23.2 Å². The molecule has 2 radical (unpaired) electrons. The Labute approximate surface area is 191 Å². The van der Waals surface area contributed by atoms with Crippen molar-refractivity contribution >= 4 is 19.1 Å². The summed E-state index contributed by atoms with van der Waals surface area (Å²) in [6.45, 7) is 3.22. The molecule has 3 aliphatic carbocycles. The molecule has 162 valence electrons. The van der Waals surface area contributed by atoms with E-state index in [4.69, 9.17) is 7.85 Å². The zero-order valence-electron chi connectivity index (χ0n) is 18.6. The first-order chi connectivity index (χ1) is 15.7. The van der Waals surface area contributed by atoms with Gasteiger partial charge in [0.1, 0.15) is 13.7 Å². The summed E-state index contributed by atoms with van der Waals surface area (Å²) in [6.07, 6.45) is 18.2. The summed E-state index contributed by atoms with van der Waals surface area (Å²) in [7, 11) is 6.28. The number of nitrogens with zero attached hydrogens (tertiary/aromatic N) is 4. The molecule has 6 heteroatoms. The Balaban J connectivity index is 1.13. The van der Waals surface area contributed by atoms with Gasteiger partial charge in [0, 0.05) is 49.8 Å². The molecule has 0 amide bonds. The molecule has 3 saturated carbocycles. The van der Waals surface area contributed by atoms with Crippen LogP contribution in [0.25, 0.3) is 5.82 Å². The molecule has 5 aliphatic rings. The van der Waals surface area contributed by atoms with Crippen molar-refractivity contribution in [3.8, 4) is 0 Å². The highest BCUT2D eigenvalue weighted by molar-refractivity contribution is 6.33. The average molecular weight is 423 g/mol. The highest BCUT2D eigenvalue weighted by Crippen LogP contribution is 2.82. The van der Waals surface area contributed by atoms with Gasteiger partial charge in [-0.25, -0.2) is 4.68 Å². The number of fused-ring (bicyclic) bond motifs is 1. The monoisotopic (exact) mass is 423 g/mol. The van der Waals surface area contributed by atoms with Crippen LogP contribution in [0.4, 0.5) is 0 Å². The van der Waals surface area contributed by atoms with Gasteiger partial charge in [0.15, 0.2) is 0 Å². The fraction of sp³-hybridized carbons (Fsp3) is 0.538. The van der Waals surface area contributed by atoms with Crippen molar-refractivity contribution in [1.82, 2.24) is 25.0 Å². The van der Waals surface area contributed by atoms with Crippen LogP contribution < -0.4 is 10.8 Å². The summed E-state index contributed by atoms with van der Waals surface area (Å²) in [5.74, 6) is 3.70. The molecule has 3 unspecified atom stereocenters. The molecule has 2 aliphatic heterocycles. The molecule has 0 bridgehead atoms. The van der Waals surface area contributed by atoms with E-state index in [2.05, 4.69) is 38.5 Å². The number of nitrogens with one attached hydrogen (secondary N) is 1. The lowest BCUT2D eigenvalue weighted by Crippen LogP contribution is -2.43. The zero-order valence-corrected chi connectivity index (χ0v) is 18.6. The average Bonchev–Trinajstić information content (AvgIpc) is 3.69. The van der Waals surface area contributed by atoms with Crippen LogP contribution in [0.1, 0.15) is 43.4 Å².